The molecule has 0 atom stereocenters. The summed E-state index contributed by atoms with van der Waals surface area (Å²) in [7, 11) is 0. The molecule has 1 aromatic heterocycles. The summed E-state index contributed by atoms with van der Waals surface area (Å²) in [5.74, 6) is -3.74. The molecule has 1 fully saturated rings. The number of hydrazine groups is 1. The maximum atomic E-state index is 14.4. The van der Waals surface area contributed by atoms with Gasteiger partial charge in [0, 0.05) is 42.7 Å². The third-order valence-corrected chi connectivity index (χ3v) is 4.49. The Labute approximate surface area is 153 Å². The number of benzene rings is 1. The molecule has 140 valence electrons. The molecule has 0 amide bonds. The first-order valence-electron chi connectivity index (χ1n) is 8.41. The summed E-state index contributed by atoms with van der Waals surface area (Å²) in [6.45, 7) is -0.356. The molecule has 1 aromatic carbocycles. The first-order chi connectivity index (χ1) is 12.9. The largest absolute Gasteiger partial charge is 0.349 e. The van der Waals surface area contributed by atoms with Crippen LogP contribution in [-0.4, -0.2) is 24.0 Å². The molecule has 0 unspecified atom stereocenters. The van der Waals surface area contributed by atoms with Crippen LogP contribution in [-0.2, 0) is 0 Å². The average Bonchev–Trinajstić information content (AvgIpc) is 3.03. The molecule has 2 aromatic rings. The Kier molecular flexibility index (Phi) is 4.25. The minimum atomic E-state index is -2.82. The van der Waals surface area contributed by atoms with Gasteiger partial charge < -0.3 is 10.3 Å². The summed E-state index contributed by atoms with van der Waals surface area (Å²) in [5.41, 5.74) is 3.71. The van der Waals surface area contributed by atoms with E-state index in [0.29, 0.717) is 11.3 Å². The van der Waals surface area contributed by atoms with Gasteiger partial charge in [0.25, 0.3) is 5.92 Å². The quantitative estimate of drug-likeness (QED) is 0.813. The second-order valence-corrected chi connectivity index (χ2v) is 6.38. The molecule has 4 nitrogen and oxygen atoms in total. The fourth-order valence-electron chi connectivity index (χ4n) is 3.25. The Morgan fingerprint density at radius 3 is 2.63 bits per heavy atom. The molecule has 1 N–H and O–H groups in total. The molecule has 2 aliphatic heterocycles. The normalized spacial score (nSPS) is 18.1. The molecular formula is C19H16F4N4. The second-order valence-electron chi connectivity index (χ2n) is 6.38. The zero-order valence-electron chi connectivity index (χ0n) is 14.2. The topological polar surface area (TPSA) is 31.4 Å². The van der Waals surface area contributed by atoms with E-state index in [0.717, 1.165) is 18.2 Å². The maximum Gasteiger partial charge on any atom is 0.266 e. The van der Waals surface area contributed by atoms with Crippen molar-refractivity contribution >= 4 is 11.5 Å². The van der Waals surface area contributed by atoms with E-state index in [1.54, 1.807) is 35.6 Å². The predicted molar refractivity (Wildman–Crippen MR) is 95.3 cm³/mol. The number of anilines is 2. The number of aromatic nitrogens is 1. The smallest absolute Gasteiger partial charge is 0.266 e. The van der Waals surface area contributed by atoms with E-state index in [4.69, 9.17) is 0 Å². The summed E-state index contributed by atoms with van der Waals surface area (Å²) in [4.78, 5) is 5.74. The van der Waals surface area contributed by atoms with Crippen molar-refractivity contribution in [1.82, 2.24) is 10.4 Å². The number of allylic oxidation sites excluding steroid dienone is 2. The van der Waals surface area contributed by atoms with Crippen molar-refractivity contribution in [2.45, 2.75) is 12.3 Å². The van der Waals surface area contributed by atoms with Crippen LogP contribution in [0.25, 0.3) is 11.1 Å². The molecule has 0 aliphatic carbocycles. The van der Waals surface area contributed by atoms with E-state index < -0.39 is 24.1 Å². The standard InChI is InChI=1S/C19H16F4N4/c20-13-3-4-16(21)15(11-13)14-5-8-24-18(26-10-6-19(22,23)12-26)17(14)27-9-2-1-7-25-27/h1-5,7-9,11,25H,6,10,12H2. The van der Waals surface area contributed by atoms with Crippen molar-refractivity contribution in [3.8, 4) is 11.1 Å². The van der Waals surface area contributed by atoms with Gasteiger partial charge in [-0.25, -0.2) is 22.5 Å². The van der Waals surface area contributed by atoms with Gasteiger partial charge in [-0.05, 0) is 36.4 Å². The van der Waals surface area contributed by atoms with E-state index in [2.05, 4.69) is 10.4 Å². The van der Waals surface area contributed by atoms with Crippen molar-refractivity contribution in [3.05, 3.63) is 66.6 Å². The predicted octanol–water partition coefficient (Wildman–Crippen LogP) is 4.22. The summed E-state index contributed by atoms with van der Waals surface area (Å²) in [5, 5.41) is 1.55. The number of rotatable bonds is 3. The van der Waals surface area contributed by atoms with Crippen molar-refractivity contribution in [3.63, 3.8) is 0 Å². The third kappa shape index (κ3) is 3.34. The number of hydrogen-bond acceptors (Lipinski definition) is 4. The molecule has 4 rings (SSSR count). The lowest BCUT2D eigenvalue weighted by molar-refractivity contribution is 0.0257. The van der Waals surface area contributed by atoms with Crippen LogP contribution in [0, 0.1) is 11.6 Å². The molecule has 3 heterocycles. The monoisotopic (exact) mass is 376 g/mol. The highest BCUT2D eigenvalue weighted by atomic mass is 19.3. The molecule has 0 spiro atoms. The van der Waals surface area contributed by atoms with Gasteiger partial charge >= 0.3 is 0 Å². The highest BCUT2D eigenvalue weighted by molar-refractivity contribution is 5.87. The van der Waals surface area contributed by atoms with Gasteiger partial charge in [0.2, 0.25) is 0 Å². The molecule has 27 heavy (non-hydrogen) atoms. The molecule has 8 heteroatoms. The van der Waals surface area contributed by atoms with Crippen LogP contribution in [0.5, 0.6) is 0 Å². The van der Waals surface area contributed by atoms with Gasteiger partial charge in [0.15, 0.2) is 5.82 Å². The van der Waals surface area contributed by atoms with E-state index in [-0.39, 0.29) is 24.3 Å². The lowest BCUT2D eigenvalue weighted by Crippen LogP contribution is -2.34. The molecule has 0 radical (unpaired) electrons. The number of alkyl halides is 2. The lowest BCUT2D eigenvalue weighted by atomic mass is 10.0. The maximum absolute atomic E-state index is 14.4. The summed E-state index contributed by atoms with van der Waals surface area (Å²) in [6, 6.07) is 4.69. The van der Waals surface area contributed by atoms with Crippen molar-refractivity contribution in [2.24, 2.45) is 0 Å². The lowest BCUT2D eigenvalue weighted by Gasteiger charge is -2.30. The van der Waals surface area contributed by atoms with Crippen LogP contribution in [0.2, 0.25) is 0 Å². The van der Waals surface area contributed by atoms with Crippen LogP contribution in [0.15, 0.2) is 55.0 Å². The molecule has 1 saturated heterocycles. The zero-order valence-corrected chi connectivity index (χ0v) is 14.2. The number of pyridine rings is 1. The van der Waals surface area contributed by atoms with E-state index in [1.165, 1.54) is 11.1 Å². The Balaban J connectivity index is 1.89. The van der Waals surface area contributed by atoms with Gasteiger partial charge in [0.05, 0.1) is 6.54 Å². The van der Waals surface area contributed by atoms with Crippen LogP contribution in [0.4, 0.5) is 29.1 Å². The zero-order chi connectivity index (χ0) is 19.0. The van der Waals surface area contributed by atoms with Gasteiger partial charge in [-0.2, -0.15) is 0 Å². The summed E-state index contributed by atoms with van der Waals surface area (Å²) in [6.07, 6.45) is 7.92. The van der Waals surface area contributed by atoms with Crippen LogP contribution in [0.1, 0.15) is 6.42 Å². The Bertz CT molecular complexity index is 926. The van der Waals surface area contributed by atoms with E-state index >= 15 is 0 Å². The van der Waals surface area contributed by atoms with Crippen LogP contribution < -0.4 is 15.3 Å². The highest BCUT2D eigenvalue weighted by Crippen LogP contribution is 2.41. The van der Waals surface area contributed by atoms with Gasteiger partial charge in [-0.15, -0.1) is 0 Å². The minimum absolute atomic E-state index is 0.0318. The van der Waals surface area contributed by atoms with Gasteiger partial charge in [0.1, 0.15) is 17.3 Å². The van der Waals surface area contributed by atoms with Crippen molar-refractivity contribution in [2.75, 3.05) is 23.0 Å². The van der Waals surface area contributed by atoms with Crippen molar-refractivity contribution < 1.29 is 17.6 Å². The van der Waals surface area contributed by atoms with Crippen LogP contribution >= 0.6 is 0 Å². The summed E-state index contributed by atoms with van der Waals surface area (Å²) < 4.78 is 55.7. The first kappa shape index (κ1) is 17.4. The number of halogens is 4. The Hall–Kier alpha value is -3.03. The molecule has 0 saturated carbocycles. The SMILES string of the molecule is Fc1ccc(F)c(-c2ccnc(N3CCC(F)(F)C3)c2N2C=CC=CN2)c1. The average molecular weight is 376 g/mol. The molecule has 2 aliphatic rings. The van der Waals surface area contributed by atoms with Gasteiger partial charge in [-0.3, -0.25) is 5.01 Å². The number of hydrogen-bond donors (Lipinski definition) is 1. The number of nitrogens with one attached hydrogen (secondary N) is 1. The Morgan fingerprint density at radius 1 is 1.07 bits per heavy atom. The second kappa shape index (κ2) is 6.61. The van der Waals surface area contributed by atoms with E-state index in [9.17, 15) is 17.6 Å². The highest BCUT2D eigenvalue weighted by Gasteiger charge is 2.40. The fourth-order valence-corrected chi connectivity index (χ4v) is 3.25. The Morgan fingerprint density at radius 2 is 1.93 bits per heavy atom. The minimum Gasteiger partial charge on any atom is -0.349 e. The fraction of sp³-hybridized carbons (Fsp3) is 0.211. The first-order valence-corrected chi connectivity index (χ1v) is 8.41. The van der Waals surface area contributed by atoms with Crippen LogP contribution in [0.3, 0.4) is 0 Å². The summed E-state index contributed by atoms with van der Waals surface area (Å²) >= 11 is 0. The third-order valence-electron chi connectivity index (χ3n) is 4.49. The number of nitrogens with zero attached hydrogens (tertiary/aromatic N) is 3. The molecule has 0 bridgehead atoms. The molecular weight excluding hydrogens is 360 g/mol. The van der Waals surface area contributed by atoms with Gasteiger partial charge in [-0.1, -0.05) is 0 Å². The van der Waals surface area contributed by atoms with Crippen molar-refractivity contribution in [1.29, 1.82) is 0 Å². The van der Waals surface area contributed by atoms with E-state index in [1.807, 2.05) is 0 Å².